The Hall–Kier alpha value is 0.583. The van der Waals surface area contributed by atoms with Crippen LogP contribution >= 0.6 is 0 Å². The van der Waals surface area contributed by atoms with E-state index in [1.807, 2.05) is 0 Å². The van der Waals surface area contributed by atoms with Gasteiger partial charge in [0.2, 0.25) is 0 Å². The molecule has 12 heavy (non-hydrogen) atoms. The minimum Gasteiger partial charge on any atom is -0.759 e. The quantitative estimate of drug-likeness (QED) is 0.324. The Labute approximate surface area is 87.4 Å². The predicted molar refractivity (Wildman–Crippen MR) is 24.6 cm³/mol. The molecule has 9 nitrogen and oxygen atoms in total. The van der Waals surface area contributed by atoms with Gasteiger partial charge in [0.15, 0.2) is 0 Å². The first-order valence-electron chi connectivity index (χ1n) is 1.33. The van der Waals surface area contributed by atoms with Crippen molar-refractivity contribution in [3.8, 4) is 0 Å². The molecule has 0 aliphatic rings. The van der Waals surface area contributed by atoms with Crippen LogP contribution in [0.2, 0.25) is 0 Å². The van der Waals surface area contributed by atoms with Crippen molar-refractivity contribution in [3.63, 3.8) is 0 Å². The Bertz CT molecular complexity index is 209. The summed E-state index contributed by atoms with van der Waals surface area (Å²) in [6.07, 6.45) is 0. The van der Waals surface area contributed by atoms with Crippen molar-refractivity contribution in [2.75, 3.05) is 0 Å². The molecule has 0 heterocycles. The molecule has 0 unspecified atom stereocenters. The normalized spacial score (nSPS) is 9.67. The van der Waals surface area contributed by atoms with Gasteiger partial charge in [0.1, 0.15) is 0 Å². The van der Waals surface area contributed by atoms with Gasteiger partial charge in [0.05, 0.1) is 0 Å². The van der Waals surface area contributed by atoms with Gasteiger partial charge < -0.3 is 23.7 Å². The SMILES string of the molecule is O.O=S(=O)([O-])[O-].O=S(=O)([O-])[O-].[Zr+4]. The van der Waals surface area contributed by atoms with Crippen molar-refractivity contribution in [1.29, 1.82) is 0 Å². The van der Waals surface area contributed by atoms with E-state index in [-0.39, 0.29) is 31.7 Å². The van der Waals surface area contributed by atoms with E-state index in [1.54, 1.807) is 0 Å². The minimum atomic E-state index is -5.17. The van der Waals surface area contributed by atoms with E-state index in [0.29, 0.717) is 0 Å². The summed E-state index contributed by atoms with van der Waals surface area (Å²) in [5.41, 5.74) is 0. The van der Waals surface area contributed by atoms with E-state index in [1.165, 1.54) is 0 Å². The standard InChI is InChI=1S/2H2O4S.H2O.Zr/c2*1-5(2,3)4;;/h2*(H2,1,2,3,4);1H2;/q;;;+4/p-4. The molecule has 0 radical (unpaired) electrons. The summed E-state index contributed by atoms with van der Waals surface area (Å²) >= 11 is 0. The van der Waals surface area contributed by atoms with Crippen LogP contribution in [-0.2, 0) is 47.0 Å². The summed E-state index contributed by atoms with van der Waals surface area (Å²) in [4.78, 5) is 0. The van der Waals surface area contributed by atoms with Gasteiger partial charge in [-0.2, -0.15) is 0 Å². The molecule has 0 aromatic carbocycles. The van der Waals surface area contributed by atoms with Crippen molar-refractivity contribution in [3.05, 3.63) is 0 Å². The molecule has 0 bridgehead atoms. The van der Waals surface area contributed by atoms with Crippen LogP contribution in [0.1, 0.15) is 0 Å². The molecule has 72 valence electrons. The van der Waals surface area contributed by atoms with Gasteiger partial charge in [-0.15, -0.1) is 0 Å². The average Bonchev–Trinajstić information content (AvgIpc) is 1.12. The topological polar surface area (TPSA) is 192 Å². The van der Waals surface area contributed by atoms with Crippen molar-refractivity contribution in [2.24, 2.45) is 0 Å². The zero-order valence-electron chi connectivity index (χ0n) is 5.08. The second kappa shape index (κ2) is 8.19. The summed E-state index contributed by atoms with van der Waals surface area (Å²) in [6.45, 7) is 0. The fourth-order valence-electron chi connectivity index (χ4n) is 0. The zero-order valence-corrected chi connectivity index (χ0v) is 9.17. The molecule has 0 saturated carbocycles. The maximum Gasteiger partial charge on any atom is 4.00 e. The molecule has 0 aliphatic heterocycles. The van der Waals surface area contributed by atoms with Gasteiger partial charge >= 0.3 is 26.2 Å². The third-order valence-corrected chi connectivity index (χ3v) is 0. The molecule has 2 N–H and O–H groups in total. The second-order valence-electron chi connectivity index (χ2n) is 0.816. The van der Waals surface area contributed by atoms with Crippen molar-refractivity contribution in [1.82, 2.24) is 0 Å². The molecule has 0 saturated heterocycles. The van der Waals surface area contributed by atoms with Gasteiger partial charge in [-0.05, 0) is 0 Å². The molecule has 0 spiro atoms. The summed E-state index contributed by atoms with van der Waals surface area (Å²) in [6, 6.07) is 0. The van der Waals surface area contributed by atoms with Crippen molar-refractivity contribution < 1.29 is 66.7 Å². The number of hydrogen-bond acceptors (Lipinski definition) is 8. The Morgan fingerprint density at radius 1 is 0.667 bits per heavy atom. The number of hydrogen-bond donors (Lipinski definition) is 0. The Morgan fingerprint density at radius 2 is 0.667 bits per heavy atom. The van der Waals surface area contributed by atoms with Gasteiger partial charge in [-0.3, -0.25) is 16.8 Å². The maximum atomic E-state index is 8.52. The van der Waals surface area contributed by atoms with E-state index in [4.69, 9.17) is 35.0 Å². The fraction of sp³-hybridized carbons (Fsp3) is 0. The molecule has 0 aromatic rings. The Kier molecular flexibility index (Phi) is 15.6. The Morgan fingerprint density at radius 3 is 0.667 bits per heavy atom. The van der Waals surface area contributed by atoms with Crippen molar-refractivity contribution in [2.45, 2.75) is 0 Å². The molecular weight excluding hydrogens is 299 g/mol. The molecule has 0 aliphatic carbocycles. The van der Waals surface area contributed by atoms with Crippen LogP contribution < -0.4 is 0 Å². The third kappa shape index (κ3) is 2860. The van der Waals surface area contributed by atoms with Gasteiger partial charge in [0.25, 0.3) is 0 Å². The first-order chi connectivity index (χ1) is 4.00. The van der Waals surface area contributed by atoms with Crippen LogP contribution in [0.15, 0.2) is 0 Å². The molecular formula is H2O9S2Zr. The van der Waals surface area contributed by atoms with Crippen LogP contribution in [0.5, 0.6) is 0 Å². The van der Waals surface area contributed by atoms with E-state index in [2.05, 4.69) is 0 Å². The largest absolute Gasteiger partial charge is 4.00 e. The van der Waals surface area contributed by atoms with Crippen LogP contribution in [-0.4, -0.2) is 40.5 Å². The first-order valence-corrected chi connectivity index (χ1v) is 4.00. The molecule has 0 aromatic heterocycles. The molecule has 12 heteroatoms. The monoisotopic (exact) mass is 300 g/mol. The zero-order chi connectivity index (χ0) is 9.00. The summed E-state index contributed by atoms with van der Waals surface area (Å²) in [7, 11) is -10.3. The van der Waals surface area contributed by atoms with Crippen LogP contribution in [0.4, 0.5) is 0 Å². The first kappa shape index (κ1) is 22.9. The smallest absolute Gasteiger partial charge is 0.759 e. The Balaban J connectivity index is -0.0000000457. The second-order valence-corrected chi connectivity index (χ2v) is 2.45. The maximum absolute atomic E-state index is 8.52. The molecule has 0 atom stereocenters. The molecule has 0 fully saturated rings. The fourth-order valence-corrected chi connectivity index (χ4v) is 0. The van der Waals surface area contributed by atoms with E-state index in [0.717, 1.165) is 0 Å². The van der Waals surface area contributed by atoms with Crippen LogP contribution in [0.25, 0.3) is 0 Å². The van der Waals surface area contributed by atoms with E-state index in [9.17, 15) is 0 Å². The summed E-state index contributed by atoms with van der Waals surface area (Å²) < 4.78 is 68.2. The third-order valence-electron chi connectivity index (χ3n) is 0. The average molecular weight is 301 g/mol. The summed E-state index contributed by atoms with van der Waals surface area (Å²) in [5, 5.41) is 0. The summed E-state index contributed by atoms with van der Waals surface area (Å²) in [5.74, 6) is 0. The van der Waals surface area contributed by atoms with Crippen LogP contribution in [0.3, 0.4) is 0 Å². The van der Waals surface area contributed by atoms with Gasteiger partial charge in [-0.1, -0.05) is 0 Å². The number of rotatable bonds is 0. The van der Waals surface area contributed by atoms with Gasteiger partial charge in [-0.25, -0.2) is 0 Å². The predicted octanol–water partition coefficient (Wildman–Crippen LogP) is -3.50. The van der Waals surface area contributed by atoms with Crippen LogP contribution in [0, 0.1) is 0 Å². The molecule has 0 amide bonds. The molecule has 0 rings (SSSR count). The van der Waals surface area contributed by atoms with Gasteiger partial charge in [0, 0.05) is 20.8 Å². The minimum absolute atomic E-state index is 0. The van der Waals surface area contributed by atoms with E-state index < -0.39 is 20.8 Å². The van der Waals surface area contributed by atoms with E-state index >= 15 is 0 Å². The van der Waals surface area contributed by atoms with Crippen molar-refractivity contribution >= 4 is 20.8 Å².